The Bertz CT molecular complexity index is 1840. The lowest BCUT2D eigenvalue weighted by Gasteiger charge is -2.27. The molecule has 0 radical (unpaired) electrons. The van der Waals surface area contributed by atoms with Gasteiger partial charge in [-0.05, 0) is 98.3 Å². The quantitative estimate of drug-likeness (QED) is 0.237. The maximum Gasteiger partial charge on any atom is 0.419 e. The number of halogens is 8. The first-order valence-electron chi connectivity index (χ1n) is 17.0. The number of rotatable bonds is 7. The van der Waals surface area contributed by atoms with Gasteiger partial charge in [0.2, 0.25) is 5.91 Å². The Morgan fingerprint density at radius 3 is 2.23 bits per heavy atom. The molecule has 0 unspecified atom stereocenters. The highest BCUT2D eigenvalue weighted by Gasteiger charge is 2.39. The fourth-order valence-corrected chi connectivity index (χ4v) is 6.70. The van der Waals surface area contributed by atoms with E-state index in [0.29, 0.717) is 49.9 Å². The number of carbonyl (C=O) groups is 2. The van der Waals surface area contributed by atoms with Gasteiger partial charge in [-0.15, -0.1) is 0 Å². The third-order valence-electron chi connectivity index (χ3n) is 9.48. The Hall–Kier alpha value is -4.27. The highest BCUT2D eigenvalue weighted by Crippen LogP contribution is 2.41. The highest BCUT2D eigenvalue weighted by atomic mass is 19.4. The predicted octanol–water partition coefficient (Wildman–Crippen LogP) is 8.40. The van der Waals surface area contributed by atoms with Crippen molar-refractivity contribution in [3.05, 3.63) is 91.9 Å². The molecule has 7 nitrogen and oxygen atoms in total. The molecular formula is C37H41F8N3O4. The molecule has 1 aliphatic rings. The molecule has 1 amide bonds. The van der Waals surface area contributed by atoms with Crippen molar-refractivity contribution < 1.29 is 49.8 Å². The molecule has 1 aliphatic heterocycles. The first kappa shape index (κ1) is 40.5. The minimum absolute atomic E-state index is 0.102. The zero-order valence-electron chi connectivity index (χ0n) is 29.0. The van der Waals surface area contributed by atoms with Crippen molar-refractivity contribution in [2.75, 3.05) is 20.1 Å². The lowest BCUT2D eigenvalue weighted by atomic mass is 9.87. The molecular weight excluding hydrogens is 702 g/mol. The molecule has 1 aromatic heterocycles. The van der Waals surface area contributed by atoms with E-state index in [1.165, 1.54) is 13.0 Å². The van der Waals surface area contributed by atoms with Gasteiger partial charge in [0.05, 0.1) is 23.6 Å². The molecule has 2 heterocycles. The summed E-state index contributed by atoms with van der Waals surface area (Å²) in [6.07, 6.45) is -7.76. The fourth-order valence-electron chi connectivity index (χ4n) is 6.70. The number of pyridine rings is 1. The Kier molecular flexibility index (Phi) is 12.9. The summed E-state index contributed by atoms with van der Waals surface area (Å²) in [5.74, 6) is -5.16. The Labute approximate surface area is 295 Å². The summed E-state index contributed by atoms with van der Waals surface area (Å²) in [6.45, 7) is 3.99. The smallest absolute Gasteiger partial charge is 0.419 e. The average molecular weight is 744 g/mol. The van der Waals surface area contributed by atoms with Crippen LogP contribution in [0.5, 0.6) is 0 Å². The number of fused-ring (bicyclic) bond motifs is 4. The largest absolute Gasteiger partial charge is 0.481 e. The summed E-state index contributed by atoms with van der Waals surface area (Å²) in [6, 6.07) is 0.839. The molecule has 0 fully saturated rings. The minimum Gasteiger partial charge on any atom is -0.481 e. The van der Waals surface area contributed by atoms with Crippen LogP contribution in [0.15, 0.2) is 41.3 Å². The standard InChI is InChI=1S/C37H41F8N3O4/c1-4-47(3)13-12-23-20-48(31(49)18-27(23)36(40,41)42)30-11-9-7-5-6-8-10-22-15-25(38)14-21(2)33(22)24-16-26(29(19-32(50)51)46-35(30)52)34(39)28(17-24)37(43,44)45/h14-18,20,29-30H,4-13,19H2,1-3H3,(H,46,52)(H,50,51)/t29-,30-/m0/s1. The Morgan fingerprint density at radius 2 is 1.60 bits per heavy atom. The van der Waals surface area contributed by atoms with Crippen molar-refractivity contribution >= 4 is 11.9 Å². The van der Waals surface area contributed by atoms with E-state index in [4.69, 9.17) is 0 Å². The Morgan fingerprint density at radius 1 is 0.942 bits per heavy atom. The second-order valence-electron chi connectivity index (χ2n) is 13.3. The summed E-state index contributed by atoms with van der Waals surface area (Å²) < 4.78 is 117. The molecule has 284 valence electrons. The second-order valence-corrected chi connectivity index (χ2v) is 13.3. The molecule has 2 aromatic carbocycles. The lowest BCUT2D eigenvalue weighted by molar-refractivity contribution is -0.140. The SMILES string of the molecule is CCN(C)CCc1cn([C@H]2CCCCCCCc3cc(F)cc(C)c3-c3cc(c(F)c(C(F)(F)F)c3)[C@H](CC(=O)O)NC2=O)c(=O)cc1C(F)(F)F. The van der Waals surface area contributed by atoms with Crippen LogP contribution in [-0.4, -0.2) is 46.6 Å². The van der Waals surface area contributed by atoms with Gasteiger partial charge >= 0.3 is 18.3 Å². The number of nitrogens with zero attached hydrogens (tertiary/aromatic N) is 2. The third-order valence-corrected chi connectivity index (χ3v) is 9.48. The monoisotopic (exact) mass is 743 g/mol. The van der Waals surface area contributed by atoms with Gasteiger partial charge < -0.3 is 19.9 Å². The van der Waals surface area contributed by atoms with E-state index >= 15 is 4.39 Å². The van der Waals surface area contributed by atoms with Crippen LogP contribution in [0.4, 0.5) is 35.1 Å². The second kappa shape index (κ2) is 16.6. The molecule has 2 atom stereocenters. The van der Waals surface area contributed by atoms with Crippen LogP contribution in [-0.2, 0) is 34.8 Å². The molecule has 2 N–H and O–H groups in total. The van der Waals surface area contributed by atoms with E-state index < -0.39 is 76.6 Å². The summed E-state index contributed by atoms with van der Waals surface area (Å²) in [4.78, 5) is 41.1. The van der Waals surface area contributed by atoms with Gasteiger partial charge in [0.25, 0.3) is 5.56 Å². The van der Waals surface area contributed by atoms with Crippen molar-refractivity contribution in [3.8, 4) is 11.1 Å². The van der Waals surface area contributed by atoms with E-state index in [9.17, 15) is 50.2 Å². The maximum absolute atomic E-state index is 15.9. The van der Waals surface area contributed by atoms with Crippen LogP contribution in [0.2, 0.25) is 0 Å². The van der Waals surface area contributed by atoms with Crippen LogP contribution in [0.25, 0.3) is 11.1 Å². The number of nitrogens with one attached hydrogen (secondary N) is 1. The number of benzene rings is 2. The topological polar surface area (TPSA) is 91.6 Å². The van der Waals surface area contributed by atoms with Crippen LogP contribution < -0.4 is 10.9 Å². The van der Waals surface area contributed by atoms with Gasteiger partial charge in [0.1, 0.15) is 17.7 Å². The zero-order chi connectivity index (χ0) is 38.5. The third kappa shape index (κ3) is 9.78. The average Bonchev–Trinajstić information content (AvgIpc) is 3.03. The Balaban J connectivity index is 1.93. The fraction of sp³-hybridized carbons (Fsp3) is 0.486. The first-order valence-corrected chi connectivity index (χ1v) is 17.0. The van der Waals surface area contributed by atoms with E-state index in [-0.39, 0.29) is 54.5 Å². The molecule has 2 bridgehead atoms. The van der Waals surface area contributed by atoms with Crippen LogP contribution in [0.3, 0.4) is 0 Å². The van der Waals surface area contributed by atoms with Crippen molar-refractivity contribution in [2.45, 2.75) is 96.1 Å². The van der Waals surface area contributed by atoms with Crippen LogP contribution in [0.1, 0.15) is 97.3 Å². The number of aliphatic carboxylic acids is 1. The van der Waals surface area contributed by atoms with Crippen molar-refractivity contribution in [1.82, 2.24) is 14.8 Å². The van der Waals surface area contributed by atoms with Crippen molar-refractivity contribution in [1.29, 1.82) is 0 Å². The number of carboxylic acid groups (broad SMARTS) is 1. The van der Waals surface area contributed by atoms with Gasteiger partial charge in [-0.1, -0.05) is 32.6 Å². The molecule has 0 aliphatic carbocycles. The molecule has 15 heteroatoms. The summed E-state index contributed by atoms with van der Waals surface area (Å²) in [5.41, 5.74) is -4.52. The van der Waals surface area contributed by atoms with Gasteiger partial charge in [0.15, 0.2) is 0 Å². The van der Waals surface area contributed by atoms with E-state index in [0.717, 1.165) is 22.9 Å². The van der Waals surface area contributed by atoms with Gasteiger partial charge in [-0.3, -0.25) is 14.4 Å². The van der Waals surface area contributed by atoms with E-state index in [2.05, 4.69) is 5.32 Å². The number of alkyl halides is 6. The number of aryl methyl sites for hydroxylation is 2. The number of likely N-dealkylation sites (N-methyl/N-ethyl adjacent to an activating group) is 1. The molecule has 0 spiro atoms. The first-order chi connectivity index (χ1) is 24.3. The lowest BCUT2D eigenvalue weighted by Crippen LogP contribution is -2.40. The zero-order valence-corrected chi connectivity index (χ0v) is 29.0. The molecule has 4 rings (SSSR count). The molecule has 3 aromatic rings. The van der Waals surface area contributed by atoms with Crippen molar-refractivity contribution in [2.24, 2.45) is 0 Å². The van der Waals surface area contributed by atoms with Crippen LogP contribution >= 0.6 is 0 Å². The van der Waals surface area contributed by atoms with E-state index in [1.807, 2.05) is 0 Å². The van der Waals surface area contributed by atoms with Gasteiger partial charge in [-0.2, -0.15) is 26.3 Å². The maximum atomic E-state index is 15.9. The number of aromatic nitrogens is 1. The minimum atomic E-state index is -5.26. The normalized spacial score (nSPS) is 17.9. The number of hydrogen-bond donors (Lipinski definition) is 2. The summed E-state index contributed by atoms with van der Waals surface area (Å²) in [7, 11) is 1.69. The summed E-state index contributed by atoms with van der Waals surface area (Å²) in [5, 5.41) is 12.1. The predicted molar refractivity (Wildman–Crippen MR) is 178 cm³/mol. The molecule has 52 heavy (non-hydrogen) atoms. The molecule has 0 saturated carbocycles. The number of carboxylic acids is 1. The number of hydrogen-bond acceptors (Lipinski definition) is 4. The molecule has 0 saturated heterocycles. The van der Waals surface area contributed by atoms with Crippen LogP contribution in [0, 0.1) is 18.6 Å². The number of carbonyl (C=O) groups excluding carboxylic acids is 1. The highest BCUT2D eigenvalue weighted by molar-refractivity contribution is 5.82. The van der Waals surface area contributed by atoms with Gasteiger partial charge in [-0.25, -0.2) is 8.78 Å². The van der Waals surface area contributed by atoms with Gasteiger partial charge in [0, 0.05) is 24.4 Å². The van der Waals surface area contributed by atoms with Crippen molar-refractivity contribution in [3.63, 3.8) is 0 Å². The number of amides is 1. The van der Waals surface area contributed by atoms with E-state index in [1.54, 1.807) is 18.9 Å². The summed E-state index contributed by atoms with van der Waals surface area (Å²) >= 11 is 0.